The van der Waals surface area contributed by atoms with Crippen LogP contribution in [0.4, 0.5) is 5.69 Å². The Morgan fingerprint density at radius 1 is 1.12 bits per heavy atom. The Bertz CT molecular complexity index is 682. The molecule has 25 heavy (non-hydrogen) atoms. The minimum atomic E-state index is -0.442. The van der Waals surface area contributed by atoms with Crippen molar-refractivity contribution >= 4 is 36.4 Å². The lowest BCUT2D eigenvalue weighted by atomic mass is 10.0. The summed E-state index contributed by atoms with van der Waals surface area (Å²) in [5.41, 5.74) is 9.04. The van der Waals surface area contributed by atoms with Crippen LogP contribution in [0.1, 0.15) is 24.2 Å². The number of carbonyl (C=O) groups is 1. The van der Waals surface area contributed by atoms with E-state index in [-0.39, 0.29) is 30.7 Å². The molecule has 0 aliphatic carbocycles. The SMILES string of the molecule is CN(C)c1ccc(-c2cncc(C(=O)NCC(C)(C)N)c2)cc1.Cl.Cl. The lowest BCUT2D eigenvalue weighted by Crippen LogP contribution is -2.45. The standard InChI is InChI=1S/C18H24N4O.2ClH/c1-18(2,19)12-21-17(23)15-9-14(10-20-11-15)13-5-7-16(8-6-13)22(3)4;;/h5-11H,12,19H2,1-4H3,(H,21,23);2*1H. The van der Waals surface area contributed by atoms with Crippen molar-refractivity contribution in [3.8, 4) is 11.1 Å². The topological polar surface area (TPSA) is 71.2 Å². The highest BCUT2D eigenvalue weighted by Crippen LogP contribution is 2.22. The molecule has 0 spiro atoms. The maximum Gasteiger partial charge on any atom is 0.252 e. The predicted molar refractivity (Wildman–Crippen MR) is 109 cm³/mol. The first-order chi connectivity index (χ1) is 10.8. The summed E-state index contributed by atoms with van der Waals surface area (Å²) in [7, 11) is 4.00. The average Bonchev–Trinajstić information content (AvgIpc) is 2.52. The molecule has 0 saturated heterocycles. The molecule has 2 rings (SSSR count). The molecule has 0 fully saturated rings. The molecule has 0 aliphatic rings. The van der Waals surface area contributed by atoms with Crippen LogP contribution in [0.25, 0.3) is 11.1 Å². The summed E-state index contributed by atoms with van der Waals surface area (Å²) in [6, 6.07) is 9.97. The van der Waals surface area contributed by atoms with Crippen LogP contribution < -0.4 is 16.0 Å². The average molecular weight is 385 g/mol. The smallest absolute Gasteiger partial charge is 0.252 e. The van der Waals surface area contributed by atoms with Gasteiger partial charge in [0.15, 0.2) is 0 Å². The fourth-order valence-electron chi connectivity index (χ4n) is 2.08. The van der Waals surface area contributed by atoms with Crippen molar-refractivity contribution in [2.45, 2.75) is 19.4 Å². The lowest BCUT2D eigenvalue weighted by molar-refractivity contribution is 0.0945. The molecular formula is C18H26Cl2N4O. The summed E-state index contributed by atoms with van der Waals surface area (Å²) >= 11 is 0. The number of hydrogen-bond donors (Lipinski definition) is 2. The van der Waals surface area contributed by atoms with E-state index in [4.69, 9.17) is 5.73 Å². The lowest BCUT2D eigenvalue weighted by Gasteiger charge is -2.18. The minimum Gasteiger partial charge on any atom is -0.378 e. The van der Waals surface area contributed by atoms with E-state index in [9.17, 15) is 4.79 Å². The molecule has 138 valence electrons. The molecule has 0 atom stereocenters. The second-order valence-corrected chi connectivity index (χ2v) is 6.57. The van der Waals surface area contributed by atoms with E-state index in [2.05, 4.69) is 10.3 Å². The van der Waals surface area contributed by atoms with Crippen LogP contribution in [0.2, 0.25) is 0 Å². The van der Waals surface area contributed by atoms with Crippen molar-refractivity contribution in [2.24, 2.45) is 5.73 Å². The van der Waals surface area contributed by atoms with Gasteiger partial charge >= 0.3 is 0 Å². The molecule has 1 aromatic heterocycles. The Morgan fingerprint density at radius 3 is 2.24 bits per heavy atom. The second-order valence-electron chi connectivity index (χ2n) is 6.57. The summed E-state index contributed by atoms with van der Waals surface area (Å²) in [4.78, 5) is 18.4. The van der Waals surface area contributed by atoms with Crippen LogP contribution in [0.5, 0.6) is 0 Å². The number of nitrogens with zero attached hydrogens (tertiary/aromatic N) is 2. The third-order valence-electron chi connectivity index (χ3n) is 3.42. The molecule has 0 saturated carbocycles. The van der Waals surface area contributed by atoms with E-state index >= 15 is 0 Å². The highest BCUT2D eigenvalue weighted by atomic mass is 35.5. The third-order valence-corrected chi connectivity index (χ3v) is 3.42. The molecule has 0 radical (unpaired) electrons. The Hall–Kier alpha value is -1.82. The van der Waals surface area contributed by atoms with E-state index in [1.165, 1.54) is 0 Å². The number of aromatic nitrogens is 1. The van der Waals surface area contributed by atoms with Gasteiger partial charge < -0.3 is 16.0 Å². The summed E-state index contributed by atoms with van der Waals surface area (Å²) in [6.07, 6.45) is 3.32. The molecule has 1 heterocycles. The van der Waals surface area contributed by atoms with Crippen LogP contribution in [0.15, 0.2) is 42.7 Å². The van der Waals surface area contributed by atoms with Gasteiger partial charge in [0.25, 0.3) is 5.91 Å². The summed E-state index contributed by atoms with van der Waals surface area (Å²) in [5.74, 6) is -0.164. The molecule has 0 aliphatic heterocycles. The highest BCUT2D eigenvalue weighted by Gasteiger charge is 2.14. The molecule has 0 bridgehead atoms. The summed E-state index contributed by atoms with van der Waals surface area (Å²) < 4.78 is 0. The molecule has 2 aromatic rings. The number of nitrogens with two attached hydrogens (primary N) is 1. The third kappa shape index (κ3) is 6.90. The Kier molecular flexibility index (Phi) is 8.91. The van der Waals surface area contributed by atoms with E-state index in [1.807, 2.05) is 63.2 Å². The van der Waals surface area contributed by atoms with Crippen molar-refractivity contribution in [3.63, 3.8) is 0 Å². The van der Waals surface area contributed by atoms with Crippen molar-refractivity contribution in [1.82, 2.24) is 10.3 Å². The van der Waals surface area contributed by atoms with Gasteiger partial charge in [0.05, 0.1) is 5.56 Å². The van der Waals surface area contributed by atoms with Crippen LogP contribution >= 0.6 is 24.8 Å². The molecule has 0 unspecified atom stereocenters. The molecule has 1 amide bonds. The molecule has 5 nitrogen and oxygen atoms in total. The summed E-state index contributed by atoms with van der Waals surface area (Å²) in [6.45, 7) is 4.15. The van der Waals surface area contributed by atoms with Crippen LogP contribution in [0, 0.1) is 0 Å². The van der Waals surface area contributed by atoms with Gasteiger partial charge in [-0.05, 0) is 37.6 Å². The Morgan fingerprint density at radius 2 is 1.72 bits per heavy atom. The number of hydrogen-bond acceptors (Lipinski definition) is 4. The molecule has 1 aromatic carbocycles. The summed E-state index contributed by atoms with van der Waals surface area (Å²) in [5, 5.41) is 2.83. The number of rotatable bonds is 5. The number of amides is 1. The molecular weight excluding hydrogens is 359 g/mol. The molecule has 3 N–H and O–H groups in total. The molecule has 7 heteroatoms. The van der Waals surface area contributed by atoms with E-state index in [1.54, 1.807) is 12.4 Å². The largest absolute Gasteiger partial charge is 0.378 e. The van der Waals surface area contributed by atoms with Gasteiger partial charge in [0.1, 0.15) is 0 Å². The maximum absolute atomic E-state index is 12.2. The van der Waals surface area contributed by atoms with Crippen molar-refractivity contribution < 1.29 is 4.79 Å². The van der Waals surface area contributed by atoms with Gasteiger partial charge in [-0.3, -0.25) is 9.78 Å². The zero-order chi connectivity index (χ0) is 17.0. The maximum atomic E-state index is 12.2. The van der Waals surface area contributed by atoms with Crippen LogP contribution in [-0.2, 0) is 0 Å². The van der Waals surface area contributed by atoms with Crippen molar-refractivity contribution in [2.75, 3.05) is 25.5 Å². The van der Waals surface area contributed by atoms with E-state index in [0.717, 1.165) is 16.8 Å². The zero-order valence-electron chi connectivity index (χ0n) is 14.9. The van der Waals surface area contributed by atoms with Gasteiger partial charge in [-0.2, -0.15) is 0 Å². The predicted octanol–water partition coefficient (Wildman–Crippen LogP) is 3.13. The van der Waals surface area contributed by atoms with Gasteiger partial charge in [-0.25, -0.2) is 0 Å². The number of nitrogens with one attached hydrogen (secondary N) is 1. The number of halogens is 2. The van der Waals surface area contributed by atoms with Gasteiger partial charge in [0, 0.05) is 49.8 Å². The minimum absolute atomic E-state index is 0. The van der Waals surface area contributed by atoms with E-state index < -0.39 is 5.54 Å². The number of pyridine rings is 1. The van der Waals surface area contributed by atoms with Crippen LogP contribution in [0.3, 0.4) is 0 Å². The first kappa shape index (κ1) is 23.2. The monoisotopic (exact) mass is 384 g/mol. The number of carbonyl (C=O) groups excluding carboxylic acids is 1. The first-order valence-electron chi connectivity index (χ1n) is 7.56. The first-order valence-corrected chi connectivity index (χ1v) is 7.56. The quantitative estimate of drug-likeness (QED) is 0.830. The number of anilines is 1. The van der Waals surface area contributed by atoms with E-state index in [0.29, 0.717) is 12.1 Å². The Balaban J connectivity index is 0.00000288. The fraction of sp³-hybridized carbons (Fsp3) is 0.333. The van der Waals surface area contributed by atoms with Gasteiger partial charge in [0.2, 0.25) is 0 Å². The van der Waals surface area contributed by atoms with Crippen molar-refractivity contribution in [3.05, 3.63) is 48.3 Å². The second kappa shape index (κ2) is 9.61. The highest BCUT2D eigenvalue weighted by molar-refractivity contribution is 5.95. The number of benzene rings is 1. The van der Waals surface area contributed by atoms with Gasteiger partial charge in [-0.15, -0.1) is 24.8 Å². The van der Waals surface area contributed by atoms with Gasteiger partial charge in [-0.1, -0.05) is 12.1 Å². The Labute approximate surface area is 161 Å². The zero-order valence-corrected chi connectivity index (χ0v) is 16.6. The fourth-order valence-corrected chi connectivity index (χ4v) is 2.08. The normalized spacial score (nSPS) is 10.3. The van der Waals surface area contributed by atoms with Crippen LogP contribution in [-0.4, -0.2) is 37.1 Å². The van der Waals surface area contributed by atoms with Crippen molar-refractivity contribution in [1.29, 1.82) is 0 Å².